The summed E-state index contributed by atoms with van der Waals surface area (Å²) < 4.78 is 81.9. The van der Waals surface area contributed by atoms with E-state index in [1.807, 2.05) is 0 Å². The minimum Gasteiger partial charge on any atom is -0.468 e. The lowest BCUT2D eigenvalue weighted by molar-refractivity contribution is -0.143. The molecule has 1 N–H and O–H groups in total. The number of amides is 1. The summed E-state index contributed by atoms with van der Waals surface area (Å²) in [7, 11) is -7.72. The lowest BCUT2D eigenvalue weighted by Gasteiger charge is -2.40. The van der Waals surface area contributed by atoms with Gasteiger partial charge in [-0.15, -0.1) is 0 Å². The predicted molar refractivity (Wildman–Crippen MR) is 119 cm³/mol. The number of nitrogens with one attached hydrogen (secondary N) is 1. The summed E-state index contributed by atoms with van der Waals surface area (Å²) in [6.45, 7) is -0.193. The molecule has 0 bridgehead atoms. The summed E-state index contributed by atoms with van der Waals surface area (Å²) in [5.74, 6) is -1.18. The molecule has 0 atom stereocenters. The number of esters is 1. The number of rotatable bonds is 8. The number of carbonyl (C=O) groups excluding carboxylic acids is 2. The van der Waals surface area contributed by atoms with Gasteiger partial charge >= 0.3 is 22.3 Å². The van der Waals surface area contributed by atoms with Gasteiger partial charge in [-0.25, -0.2) is 9.48 Å². The van der Waals surface area contributed by atoms with E-state index in [2.05, 4.69) is 10.4 Å². The number of nitrogens with zero attached hydrogens (tertiary/aromatic N) is 3. The van der Waals surface area contributed by atoms with Crippen LogP contribution in [0.5, 0.6) is 0 Å². The van der Waals surface area contributed by atoms with E-state index >= 15 is 0 Å². The average molecular weight is 579 g/mol. The zero-order chi connectivity index (χ0) is 27.2. The van der Waals surface area contributed by atoms with Crippen molar-refractivity contribution < 1.29 is 43.2 Å². The third-order valence-corrected chi connectivity index (χ3v) is 6.89. The molecule has 0 saturated heterocycles. The van der Waals surface area contributed by atoms with Crippen molar-refractivity contribution in [2.75, 3.05) is 32.8 Å². The Morgan fingerprint density at radius 2 is 1.75 bits per heavy atom. The molecule has 1 aromatic carbocycles. The Morgan fingerprint density at radius 1 is 1.17 bits per heavy atom. The van der Waals surface area contributed by atoms with Gasteiger partial charge < -0.3 is 14.2 Å². The van der Waals surface area contributed by atoms with E-state index in [4.69, 9.17) is 37.4 Å². The molecule has 3 rings (SSSR count). The molecule has 17 heteroatoms. The van der Waals surface area contributed by atoms with Gasteiger partial charge in [-0.1, -0.05) is 42.6 Å². The van der Waals surface area contributed by atoms with Crippen LogP contribution in [0.3, 0.4) is 0 Å². The molecule has 2 aromatic rings. The van der Waals surface area contributed by atoms with E-state index in [-0.39, 0.29) is 43.8 Å². The maximum absolute atomic E-state index is 13.3. The summed E-state index contributed by atoms with van der Waals surface area (Å²) in [5.41, 5.74) is -2.55. The van der Waals surface area contributed by atoms with Gasteiger partial charge in [0.1, 0.15) is 29.1 Å². The number of benzene rings is 1. The Kier molecular flexibility index (Phi) is 6.67. The van der Waals surface area contributed by atoms with Crippen LogP contribution in [0.4, 0.5) is 30.0 Å². The first-order chi connectivity index (χ1) is 16.5. The van der Waals surface area contributed by atoms with Crippen molar-refractivity contribution in [3.63, 3.8) is 0 Å². The molecule has 0 unspecified atom stereocenters. The van der Waals surface area contributed by atoms with Crippen LogP contribution in [0.15, 0.2) is 17.0 Å². The van der Waals surface area contributed by atoms with Crippen LogP contribution in [-0.4, -0.2) is 49.3 Å². The third-order valence-electron chi connectivity index (χ3n) is 5.18. The second-order valence-electron chi connectivity index (χ2n) is 7.63. The Labute approximate surface area is 210 Å². The van der Waals surface area contributed by atoms with Crippen LogP contribution < -0.4 is 5.32 Å². The minimum absolute atomic E-state index is 0.0164. The minimum atomic E-state index is -10.2. The number of nitriles is 1. The van der Waals surface area contributed by atoms with E-state index in [0.29, 0.717) is 4.68 Å². The molecule has 1 aliphatic carbocycles. The zero-order valence-electron chi connectivity index (χ0n) is 18.4. The molecule has 1 fully saturated rings. The number of anilines is 1. The Morgan fingerprint density at radius 3 is 2.19 bits per heavy atom. The maximum atomic E-state index is 13.3. The highest BCUT2D eigenvalue weighted by molar-refractivity contribution is 8.45. The summed E-state index contributed by atoms with van der Waals surface area (Å²) in [6, 6.07) is 1.63. The van der Waals surface area contributed by atoms with Crippen LogP contribution in [0, 0.1) is 11.3 Å². The fourth-order valence-corrected chi connectivity index (χ4v) is 4.88. The zero-order valence-corrected chi connectivity index (χ0v) is 20.7. The van der Waals surface area contributed by atoms with Gasteiger partial charge in [-0.2, -0.15) is 10.4 Å². The van der Waals surface area contributed by atoms with Crippen molar-refractivity contribution in [1.29, 1.82) is 5.26 Å². The number of hydrogen-bond acceptors (Lipinski definition) is 7. The number of methoxy groups -OCH3 is 2. The van der Waals surface area contributed by atoms with E-state index in [1.165, 1.54) is 7.11 Å². The summed E-state index contributed by atoms with van der Waals surface area (Å²) in [6.07, 6.45) is -0.758. The number of hydrogen-bond donors (Lipinski definition) is 1. The molecular formula is C19H17Cl2F5N4O5S. The molecule has 0 spiro atoms. The van der Waals surface area contributed by atoms with Crippen LogP contribution >= 0.6 is 33.4 Å². The number of aromatic nitrogens is 2. The Balaban J connectivity index is 2.26. The topological polar surface area (TPSA) is 115 Å². The maximum Gasteiger partial charge on any atom is 0.412 e. The number of carbonyl (C=O) groups is 2. The van der Waals surface area contributed by atoms with E-state index < -0.39 is 59.8 Å². The smallest absolute Gasteiger partial charge is 0.412 e. The lowest BCUT2D eigenvalue weighted by atomic mass is 9.95. The Hall–Kier alpha value is -2.80. The van der Waals surface area contributed by atoms with Gasteiger partial charge in [0.25, 0.3) is 0 Å². The first-order valence-electron chi connectivity index (χ1n) is 9.77. The molecule has 9 nitrogen and oxygen atoms in total. The van der Waals surface area contributed by atoms with Gasteiger partial charge in [0, 0.05) is 7.11 Å². The summed E-state index contributed by atoms with van der Waals surface area (Å²) in [5, 5.41) is 14.0. The average Bonchev–Trinajstić information content (AvgIpc) is 3.48. The summed E-state index contributed by atoms with van der Waals surface area (Å²) in [4.78, 5) is 22.6. The molecule has 1 aromatic heterocycles. The van der Waals surface area contributed by atoms with Crippen molar-refractivity contribution in [1.82, 2.24) is 9.78 Å². The highest BCUT2D eigenvalue weighted by atomic mass is 35.5. The van der Waals surface area contributed by atoms with Crippen LogP contribution in [0.1, 0.15) is 24.1 Å². The van der Waals surface area contributed by atoms with Gasteiger partial charge in [0.05, 0.1) is 34.7 Å². The van der Waals surface area contributed by atoms with Crippen molar-refractivity contribution in [3.05, 3.63) is 33.4 Å². The third kappa shape index (κ3) is 5.31. The molecule has 36 heavy (non-hydrogen) atoms. The van der Waals surface area contributed by atoms with Gasteiger partial charge in [-0.05, 0) is 25.0 Å². The largest absolute Gasteiger partial charge is 0.468 e. The van der Waals surface area contributed by atoms with Gasteiger partial charge in [0.15, 0.2) is 5.69 Å². The second-order valence-corrected chi connectivity index (χ2v) is 10.9. The second kappa shape index (κ2) is 8.65. The molecular weight excluding hydrogens is 562 g/mol. The molecule has 1 heterocycles. The molecule has 0 aliphatic heterocycles. The normalized spacial score (nSPS) is 16.3. The van der Waals surface area contributed by atoms with E-state index in [9.17, 15) is 34.3 Å². The van der Waals surface area contributed by atoms with Crippen LogP contribution in [0.2, 0.25) is 10.0 Å². The SMILES string of the molecule is COCCOC(=O)Nc1c(C2(C(=O)OC)CC2)c(C#N)nn1-c1c(Cl)cc(S(F)(F)(F)(F)F)cc1Cl. The summed E-state index contributed by atoms with van der Waals surface area (Å²) >= 11 is 11.9. The van der Waals surface area contributed by atoms with E-state index in [0.717, 1.165) is 7.11 Å². The van der Waals surface area contributed by atoms with Crippen LogP contribution in [0.25, 0.3) is 5.69 Å². The lowest BCUT2D eigenvalue weighted by Crippen LogP contribution is -2.26. The van der Waals surface area contributed by atoms with Crippen molar-refractivity contribution in [2.24, 2.45) is 0 Å². The van der Waals surface area contributed by atoms with Gasteiger partial charge in [-0.3, -0.25) is 10.1 Å². The predicted octanol–water partition coefficient (Wildman–Crippen LogP) is 6.11. The number of ether oxygens (including phenoxy) is 3. The monoisotopic (exact) mass is 578 g/mol. The molecule has 1 amide bonds. The Bertz CT molecular complexity index is 1270. The molecule has 1 saturated carbocycles. The highest BCUT2D eigenvalue weighted by Gasteiger charge is 2.66. The number of halogens is 7. The van der Waals surface area contributed by atoms with Gasteiger partial charge in [0.2, 0.25) is 0 Å². The van der Waals surface area contributed by atoms with Crippen molar-refractivity contribution in [3.8, 4) is 11.8 Å². The fraction of sp³-hybridized carbons (Fsp3) is 0.368. The molecule has 1 aliphatic rings. The van der Waals surface area contributed by atoms with E-state index in [1.54, 1.807) is 6.07 Å². The standard InChI is InChI=1S/C19H17Cl2F5N4O5S/c1-33-5-6-35-18(32)28-16-14(19(3-4-19)17(31)34-2)13(9-27)29-30(16)15-11(20)7-10(8-12(15)21)36(22,23,24,25)26/h7-8H,3-6H2,1-2H3,(H,28,32). The van der Waals surface area contributed by atoms with Crippen molar-refractivity contribution in [2.45, 2.75) is 23.2 Å². The van der Waals surface area contributed by atoms with Crippen molar-refractivity contribution >= 4 is 51.3 Å². The fourth-order valence-electron chi connectivity index (χ4n) is 3.42. The quantitative estimate of drug-likeness (QED) is 0.228. The highest BCUT2D eigenvalue weighted by Crippen LogP contribution is 3.02. The molecule has 198 valence electrons. The molecule has 0 radical (unpaired) electrons. The first kappa shape index (κ1) is 27.8. The first-order valence-corrected chi connectivity index (χ1v) is 12.5. The van der Waals surface area contributed by atoms with Crippen LogP contribution in [-0.2, 0) is 24.4 Å².